The van der Waals surface area contributed by atoms with E-state index in [1.807, 2.05) is 20.8 Å². The zero-order chi connectivity index (χ0) is 22.2. The molecule has 0 radical (unpaired) electrons. The zero-order valence-corrected chi connectivity index (χ0v) is 19.6. The Morgan fingerprint density at radius 2 is 1.90 bits per heavy atom. The van der Waals surface area contributed by atoms with Crippen molar-refractivity contribution in [2.75, 3.05) is 33.3 Å². The molecular weight excluding hydrogens is 416 g/mol. The molecule has 0 N–H and O–H groups in total. The van der Waals surface area contributed by atoms with Crippen molar-refractivity contribution in [3.63, 3.8) is 0 Å². The molecule has 2 saturated heterocycles. The molecule has 2 aliphatic heterocycles. The maximum absolute atomic E-state index is 13.1. The topological polar surface area (TPSA) is 88.8 Å². The number of sulfonamides is 1. The summed E-state index contributed by atoms with van der Waals surface area (Å²) in [5, 5.41) is 4.22. The van der Waals surface area contributed by atoms with Crippen molar-refractivity contribution in [2.24, 2.45) is 5.41 Å². The van der Waals surface area contributed by atoms with Gasteiger partial charge in [-0.15, -0.1) is 0 Å². The summed E-state index contributed by atoms with van der Waals surface area (Å²) in [6, 6.07) is 6.81. The highest BCUT2D eigenvalue weighted by Crippen LogP contribution is 2.48. The molecular formula is C22H32N4O4S. The lowest BCUT2D eigenvalue weighted by atomic mass is 9.77. The standard InChI is InChI=1S/C22H32N4O4S/c1-5-29-17-6-8-18(9-7-17)31(27,28)26-12-10-22(11-13-26)14-19(25(4)15-22)20-23-21(16(2)3)30-24-20/h6-9,16,19H,5,10-15H2,1-4H3. The molecule has 9 heteroatoms. The lowest BCUT2D eigenvalue weighted by molar-refractivity contribution is 0.161. The summed E-state index contributed by atoms with van der Waals surface area (Å²) in [5.74, 6) is 2.30. The number of likely N-dealkylation sites (tertiary alicyclic amines) is 1. The van der Waals surface area contributed by atoms with Crippen LogP contribution in [0, 0.1) is 5.41 Å². The minimum atomic E-state index is -3.50. The Morgan fingerprint density at radius 3 is 2.48 bits per heavy atom. The number of benzene rings is 1. The van der Waals surface area contributed by atoms with Crippen molar-refractivity contribution >= 4 is 10.0 Å². The molecule has 170 valence electrons. The van der Waals surface area contributed by atoms with Crippen LogP contribution in [0.5, 0.6) is 5.75 Å². The van der Waals surface area contributed by atoms with E-state index >= 15 is 0 Å². The van der Waals surface area contributed by atoms with Gasteiger partial charge in [-0.3, -0.25) is 4.90 Å². The molecule has 1 unspecified atom stereocenters. The van der Waals surface area contributed by atoms with E-state index in [1.165, 1.54) is 0 Å². The summed E-state index contributed by atoms with van der Waals surface area (Å²) < 4.78 is 38.7. The molecule has 2 aliphatic rings. The van der Waals surface area contributed by atoms with Crippen LogP contribution >= 0.6 is 0 Å². The first-order valence-electron chi connectivity index (χ1n) is 11.0. The molecule has 1 aromatic carbocycles. The van der Waals surface area contributed by atoms with Gasteiger partial charge in [-0.25, -0.2) is 8.42 Å². The lowest BCUT2D eigenvalue weighted by Gasteiger charge is -2.38. The van der Waals surface area contributed by atoms with Gasteiger partial charge < -0.3 is 9.26 Å². The van der Waals surface area contributed by atoms with Crippen molar-refractivity contribution in [2.45, 2.75) is 56.9 Å². The Hall–Kier alpha value is -1.97. The van der Waals surface area contributed by atoms with E-state index in [9.17, 15) is 8.42 Å². The van der Waals surface area contributed by atoms with Crippen molar-refractivity contribution in [1.29, 1.82) is 0 Å². The first-order valence-corrected chi connectivity index (χ1v) is 12.4. The van der Waals surface area contributed by atoms with Crippen LogP contribution in [-0.4, -0.2) is 61.1 Å². The quantitative estimate of drug-likeness (QED) is 0.669. The third kappa shape index (κ3) is 4.36. The fourth-order valence-corrected chi connectivity index (χ4v) is 6.20. The molecule has 3 heterocycles. The average molecular weight is 449 g/mol. The van der Waals surface area contributed by atoms with Crippen LogP contribution in [0.15, 0.2) is 33.7 Å². The maximum atomic E-state index is 13.1. The molecule has 2 aromatic rings. The summed E-state index contributed by atoms with van der Waals surface area (Å²) in [7, 11) is -1.41. The van der Waals surface area contributed by atoms with Crippen LogP contribution in [0.4, 0.5) is 0 Å². The predicted octanol–water partition coefficient (Wildman–Crippen LogP) is 3.44. The Labute approximate surface area is 184 Å². The summed E-state index contributed by atoms with van der Waals surface area (Å²) in [4.78, 5) is 7.20. The zero-order valence-electron chi connectivity index (χ0n) is 18.7. The molecule has 2 fully saturated rings. The number of rotatable bonds is 6. The van der Waals surface area contributed by atoms with Crippen molar-refractivity contribution in [1.82, 2.24) is 19.3 Å². The third-order valence-corrected chi connectivity index (χ3v) is 8.46. The van der Waals surface area contributed by atoms with Gasteiger partial charge in [0.05, 0.1) is 17.5 Å². The molecule has 4 rings (SSSR count). The van der Waals surface area contributed by atoms with Crippen molar-refractivity contribution < 1.29 is 17.7 Å². The Morgan fingerprint density at radius 1 is 1.23 bits per heavy atom. The largest absolute Gasteiger partial charge is 0.494 e. The lowest BCUT2D eigenvalue weighted by Crippen LogP contribution is -2.44. The fourth-order valence-electron chi connectivity index (χ4n) is 4.76. The minimum absolute atomic E-state index is 0.0862. The van der Waals surface area contributed by atoms with Crippen LogP contribution in [0.25, 0.3) is 0 Å². The number of piperidine rings is 1. The van der Waals surface area contributed by atoms with E-state index in [0.29, 0.717) is 36.2 Å². The van der Waals surface area contributed by atoms with Crippen LogP contribution in [0.1, 0.15) is 63.7 Å². The Bertz CT molecular complexity index is 995. The second kappa shape index (κ2) is 8.52. The van der Waals surface area contributed by atoms with Gasteiger partial charge in [0.15, 0.2) is 5.82 Å². The third-order valence-electron chi connectivity index (χ3n) is 6.55. The smallest absolute Gasteiger partial charge is 0.243 e. The van der Waals surface area contributed by atoms with Gasteiger partial charge in [0, 0.05) is 25.6 Å². The highest BCUT2D eigenvalue weighted by molar-refractivity contribution is 7.89. The van der Waals surface area contributed by atoms with Gasteiger partial charge >= 0.3 is 0 Å². The molecule has 0 amide bonds. The normalized spacial score (nSPS) is 22.4. The van der Waals surface area contributed by atoms with E-state index in [-0.39, 0.29) is 17.4 Å². The molecule has 0 saturated carbocycles. The van der Waals surface area contributed by atoms with Gasteiger partial charge in [-0.05, 0) is 62.9 Å². The summed E-state index contributed by atoms with van der Waals surface area (Å²) in [5.41, 5.74) is 0.0862. The maximum Gasteiger partial charge on any atom is 0.243 e. The first kappa shape index (κ1) is 22.2. The SMILES string of the molecule is CCOc1ccc(S(=O)(=O)N2CCC3(CC2)CC(c2noc(C(C)C)n2)N(C)C3)cc1. The summed E-state index contributed by atoms with van der Waals surface area (Å²) >= 11 is 0. The number of nitrogens with zero attached hydrogens (tertiary/aromatic N) is 4. The first-order chi connectivity index (χ1) is 14.7. The molecule has 1 spiro atoms. The van der Waals surface area contributed by atoms with E-state index < -0.39 is 10.0 Å². The second-order valence-electron chi connectivity index (χ2n) is 9.09. The molecule has 8 nitrogen and oxygen atoms in total. The molecule has 1 atom stereocenters. The van der Waals surface area contributed by atoms with Gasteiger partial charge in [0.25, 0.3) is 0 Å². The second-order valence-corrected chi connectivity index (χ2v) is 11.0. The fraction of sp³-hybridized carbons (Fsp3) is 0.636. The molecule has 31 heavy (non-hydrogen) atoms. The van der Waals surface area contributed by atoms with Gasteiger partial charge in [-0.1, -0.05) is 19.0 Å². The van der Waals surface area contributed by atoms with Gasteiger partial charge in [0.1, 0.15) is 5.75 Å². The minimum Gasteiger partial charge on any atom is -0.494 e. The van der Waals surface area contributed by atoms with Crippen LogP contribution in [0.2, 0.25) is 0 Å². The Balaban J connectivity index is 1.42. The highest BCUT2D eigenvalue weighted by Gasteiger charge is 2.47. The van der Waals surface area contributed by atoms with E-state index in [4.69, 9.17) is 9.26 Å². The number of hydrogen-bond acceptors (Lipinski definition) is 7. The van der Waals surface area contributed by atoms with Crippen LogP contribution < -0.4 is 4.74 Å². The molecule has 1 aromatic heterocycles. The van der Waals surface area contributed by atoms with E-state index in [0.717, 1.165) is 31.6 Å². The van der Waals surface area contributed by atoms with Gasteiger partial charge in [-0.2, -0.15) is 9.29 Å². The molecule has 0 aliphatic carbocycles. The van der Waals surface area contributed by atoms with Crippen LogP contribution in [0.3, 0.4) is 0 Å². The molecule has 0 bridgehead atoms. The predicted molar refractivity (Wildman–Crippen MR) is 116 cm³/mol. The van der Waals surface area contributed by atoms with Gasteiger partial charge in [0.2, 0.25) is 15.9 Å². The number of hydrogen-bond donors (Lipinski definition) is 0. The summed E-state index contributed by atoms with van der Waals surface area (Å²) in [6.07, 6.45) is 2.59. The summed E-state index contributed by atoms with van der Waals surface area (Å²) in [6.45, 7) is 8.51. The highest BCUT2D eigenvalue weighted by atomic mass is 32.2. The van der Waals surface area contributed by atoms with Crippen molar-refractivity contribution in [3.05, 3.63) is 36.0 Å². The number of aromatic nitrogens is 2. The van der Waals surface area contributed by atoms with E-state index in [2.05, 4.69) is 22.1 Å². The van der Waals surface area contributed by atoms with E-state index in [1.54, 1.807) is 28.6 Å². The Kier molecular flexibility index (Phi) is 6.11. The van der Waals surface area contributed by atoms with Crippen LogP contribution in [-0.2, 0) is 10.0 Å². The monoisotopic (exact) mass is 448 g/mol. The van der Waals surface area contributed by atoms with Crippen molar-refractivity contribution in [3.8, 4) is 5.75 Å². The number of ether oxygens (including phenoxy) is 1. The average Bonchev–Trinajstić information content (AvgIpc) is 3.34.